The average Bonchev–Trinajstić information content (AvgIpc) is 1.05. The van der Waals surface area contributed by atoms with Gasteiger partial charge in [0.25, 0.3) is 0 Å². The standard InChI is InChI=1S/C46H84N2O7.C28H52N2O7.C24H44N2O9/c1-41(49)31-21-11-9-19-29-39-47-45(53)37-27-17-7-5-13-23-33-42(50)32-22-12-3-2-4-16-26-36-44(52)48-40-30-20-10-15-25-35-43(51)34-24-14-6-8-18-28-38-46(54)55;1-25(31)19-13-7-5-11-17-23-29-36-27(34)21-15-9-3-2-4-10-16-22-28(35)37-30-24-18-12-6-8-14-20-26(32)33;27-21(25-13-9-5-1-3-7-11-23(29)30)19-34-17-15-33-16-18-35-20-22(28)26-14-10-6-2-4-8-12-24(31)32/h2-40H2,1H3,(H,47,53)(H,48,52)(H,54,55);29-30H,2-24H2,1H3,(H,32,33);1-20H2,(H,25,27)(H,26,28)(H,29,30)(H,31,32). The van der Waals surface area contributed by atoms with E-state index in [-0.39, 0.29) is 99.2 Å². The van der Waals surface area contributed by atoms with E-state index in [9.17, 15) is 67.1 Å². The Morgan fingerprint density at radius 3 is 0.606 bits per heavy atom. The van der Waals surface area contributed by atoms with Gasteiger partial charge in [-0.1, -0.05) is 231 Å². The van der Waals surface area contributed by atoms with Gasteiger partial charge in [-0.05, 0) is 142 Å². The predicted molar refractivity (Wildman–Crippen MR) is 498 cm³/mol. The molecule has 0 aromatic heterocycles. The van der Waals surface area contributed by atoms with Gasteiger partial charge in [0.2, 0.25) is 23.6 Å². The average molecular weight is 1810 g/mol. The molecule has 740 valence electrons. The molecule has 0 aliphatic rings. The molecule has 0 heterocycles. The minimum absolute atomic E-state index is 0.0268. The summed E-state index contributed by atoms with van der Waals surface area (Å²) in [6.07, 6.45) is 62.7. The zero-order valence-electron chi connectivity index (χ0n) is 79.5. The summed E-state index contributed by atoms with van der Waals surface area (Å²) in [5.41, 5.74) is 5.46. The highest BCUT2D eigenvalue weighted by Gasteiger charge is 2.12. The lowest BCUT2D eigenvalue weighted by atomic mass is 10.0. The lowest BCUT2D eigenvalue weighted by Gasteiger charge is -2.08. The SMILES string of the molecule is CC(=O)CCCCCCCNC(=O)CCCCCCCCC(=O)CCCCCCCCCC(=O)NCCCCCCCC(=O)CCCCCCCCC(=O)O.CC(=O)CCCCCCCNOC(=O)CCCCCCCCCC(=O)ONCCCCCCCC(=O)O.O=C(O)CCCCCCCNC(=O)COCCOCCOCC(=O)NCCCCCCCC(=O)O. The lowest BCUT2D eigenvalue weighted by Crippen LogP contribution is -2.29. The van der Waals surface area contributed by atoms with E-state index in [1.54, 1.807) is 13.8 Å². The van der Waals surface area contributed by atoms with Crippen LogP contribution in [0.5, 0.6) is 0 Å². The number of carbonyl (C=O) groups is 14. The van der Waals surface area contributed by atoms with Crippen molar-refractivity contribution in [1.29, 1.82) is 0 Å². The molecule has 0 rings (SSSR count). The summed E-state index contributed by atoms with van der Waals surface area (Å²) in [7, 11) is 0. The topological polar surface area (TPSA) is 438 Å². The van der Waals surface area contributed by atoms with E-state index in [1.807, 2.05) is 0 Å². The van der Waals surface area contributed by atoms with Crippen LogP contribution in [-0.4, -0.2) is 182 Å². The number of aliphatic carboxylic acids is 4. The van der Waals surface area contributed by atoms with Gasteiger partial charge in [-0.25, -0.2) is 0 Å². The Balaban J connectivity index is -0.00000188. The number of carboxylic acid groups (broad SMARTS) is 4. The van der Waals surface area contributed by atoms with Crippen LogP contribution in [0.25, 0.3) is 0 Å². The molecule has 0 aliphatic carbocycles. The zero-order chi connectivity index (χ0) is 93.8. The Kier molecular flexibility index (Phi) is 99.2. The number of hydrogen-bond donors (Lipinski definition) is 10. The first-order chi connectivity index (χ1) is 61.5. The molecule has 0 fully saturated rings. The molecule has 0 spiro atoms. The summed E-state index contributed by atoms with van der Waals surface area (Å²) in [5, 5.41) is 45.9. The van der Waals surface area contributed by atoms with E-state index in [0.29, 0.717) is 128 Å². The molecule has 0 bridgehead atoms. The van der Waals surface area contributed by atoms with Crippen LogP contribution in [0, 0.1) is 0 Å². The number of Topliss-reactive ketones (excluding diaryl/α,β-unsaturated/α-hetero) is 4. The van der Waals surface area contributed by atoms with E-state index < -0.39 is 23.9 Å². The summed E-state index contributed by atoms with van der Waals surface area (Å²) >= 11 is 0. The molecular formula is C98H180N6O23. The van der Waals surface area contributed by atoms with Gasteiger partial charge in [0.05, 0.1) is 26.4 Å². The van der Waals surface area contributed by atoms with Crippen LogP contribution >= 0.6 is 0 Å². The van der Waals surface area contributed by atoms with Crippen LogP contribution in [0.1, 0.15) is 463 Å². The number of ketones is 4. The van der Waals surface area contributed by atoms with E-state index in [2.05, 4.69) is 32.2 Å². The van der Waals surface area contributed by atoms with Crippen molar-refractivity contribution in [3.8, 4) is 0 Å². The maximum atomic E-state index is 12.2. The molecule has 29 heteroatoms. The fourth-order valence-corrected chi connectivity index (χ4v) is 14.0. The molecule has 29 nitrogen and oxygen atoms in total. The third kappa shape index (κ3) is 115. The summed E-state index contributed by atoms with van der Waals surface area (Å²) < 4.78 is 15.8. The smallest absolute Gasteiger partial charge is 0.324 e. The number of carboxylic acids is 4. The Morgan fingerprint density at radius 1 is 0.189 bits per heavy atom. The predicted octanol–water partition coefficient (Wildman–Crippen LogP) is 19.5. The third-order valence-electron chi connectivity index (χ3n) is 21.6. The molecule has 0 saturated carbocycles. The molecule has 10 N–H and O–H groups in total. The van der Waals surface area contributed by atoms with Crippen molar-refractivity contribution in [2.75, 3.05) is 78.9 Å². The highest BCUT2D eigenvalue weighted by Crippen LogP contribution is 2.18. The second-order valence-corrected chi connectivity index (χ2v) is 34.2. The second-order valence-electron chi connectivity index (χ2n) is 34.2. The van der Waals surface area contributed by atoms with Crippen LogP contribution in [0.15, 0.2) is 0 Å². The molecule has 0 radical (unpaired) electrons. The lowest BCUT2D eigenvalue weighted by molar-refractivity contribution is -0.152. The van der Waals surface area contributed by atoms with Gasteiger partial charge in [-0.2, -0.15) is 11.0 Å². The van der Waals surface area contributed by atoms with E-state index in [1.165, 1.54) is 6.42 Å². The van der Waals surface area contributed by atoms with Crippen molar-refractivity contribution in [3.05, 3.63) is 0 Å². The Morgan fingerprint density at radius 2 is 0.370 bits per heavy atom. The first-order valence-electron chi connectivity index (χ1n) is 50.1. The van der Waals surface area contributed by atoms with Crippen LogP contribution in [0.2, 0.25) is 0 Å². The minimum Gasteiger partial charge on any atom is -0.481 e. The van der Waals surface area contributed by atoms with Crippen molar-refractivity contribution >= 4 is 82.6 Å². The van der Waals surface area contributed by atoms with Gasteiger partial charge in [0, 0.05) is 129 Å². The van der Waals surface area contributed by atoms with E-state index >= 15 is 0 Å². The summed E-state index contributed by atoms with van der Waals surface area (Å²) in [4.78, 5) is 169. The maximum Gasteiger partial charge on any atom is 0.324 e. The minimum atomic E-state index is -0.761. The molecule has 0 aromatic rings. The van der Waals surface area contributed by atoms with E-state index in [4.69, 9.17) is 44.3 Å². The van der Waals surface area contributed by atoms with E-state index in [0.717, 1.165) is 353 Å². The molecule has 0 aliphatic heterocycles. The third-order valence-corrected chi connectivity index (χ3v) is 21.6. The molecule has 0 saturated heterocycles. The quantitative estimate of drug-likeness (QED) is 0.0200. The fraction of sp³-hybridized carbons (Fsp3) is 0.857. The van der Waals surface area contributed by atoms with Crippen molar-refractivity contribution in [3.63, 3.8) is 0 Å². The van der Waals surface area contributed by atoms with Gasteiger partial charge in [-0.15, -0.1) is 0 Å². The normalized spacial score (nSPS) is 10.9. The van der Waals surface area contributed by atoms with Gasteiger partial charge in [0.1, 0.15) is 36.3 Å². The van der Waals surface area contributed by atoms with Crippen molar-refractivity contribution in [2.24, 2.45) is 0 Å². The molecule has 127 heavy (non-hydrogen) atoms. The summed E-state index contributed by atoms with van der Waals surface area (Å²) in [6.45, 7) is 8.38. The molecule has 0 unspecified atom stereocenters. The highest BCUT2D eigenvalue weighted by molar-refractivity contribution is 5.80. The first kappa shape index (κ1) is 124. The first-order valence-corrected chi connectivity index (χ1v) is 50.1. The number of carbonyl (C=O) groups excluding carboxylic acids is 10. The number of nitrogens with one attached hydrogen (secondary N) is 6. The number of rotatable bonds is 98. The van der Waals surface area contributed by atoms with Gasteiger partial charge >= 0.3 is 35.8 Å². The Bertz CT molecular complexity index is 2530. The highest BCUT2D eigenvalue weighted by atomic mass is 16.7. The number of amides is 4. The van der Waals surface area contributed by atoms with Gasteiger partial charge < -0.3 is 75.2 Å². The number of hydroxylamine groups is 2. The van der Waals surface area contributed by atoms with Crippen LogP contribution in [0.3, 0.4) is 0 Å². The van der Waals surface area contributed by atoms with Crippen LogP contribution < -0.4 is 32.2 Å². The Hall–Kier alpha value is -6.82. The maximum absolute atomic E-state index is 12.2. The molecule has 4 amide bonds. The van der Waals surface area contributed by atoms with Gasteiger partial charge in [-0.3, -0.25) is 57.5 Å². The van der Waals surface area contributed by atoms with Crippen molar-refractivity contribution in [2.45, 2.75) is 463 Å². The summed E-state index contributed by atoms with van der Waals surface area (Å²) in [6, 6.07) is 0. The number of unbranched alkanes of at least 4 members (excludes halogenated alkanes) is 46. The molecular weight excluding hydrogens is 1630 g/mol. The fourth-order valence-electron chi connectivity index (χ4n) is 14.0. The number of hydrogen-bond acceptors (Lipinski definition) is 21. The zero-order valence-corrected chi connectivity index (χ0v) is 79.5. The van der Waals surface area contributed by atoms with Crippen LogP contribution in [0.4, 0.5) is 0 Å². The van der Waals surface area contributed by atoms with Crippen molar-refractivity contribution in [1.82, 2.24) is 32.2 Å². The molecule has 0 aromatic carbocycles. The molecule has 0 atom stereocenters. The second kappa shape index (κ2) is 101. The monoisotopic (exact) mass is 1810 g/mol. The van der Waals surface area contributed by atoms with Crippen molar-refractivity contribution < 1.29 is 111 Å². The van der Waals surface area contributed by atoms with Gasteiger partial charge in [0.15, 0.2) is 0 Å². The summed E-state index contributed by atoms with van der Waals surface area (Å²) in [5.74, 6) is -2.17. The Labute approximate surface area is 764 Å². The van der Waals surface area contributed by atoms with Crippen LogP contribution in [-0.2, 0) is 91.0 Å². The number of ether oxygens (including phenoxy) is 3. The largest absolute Gasteiger partial charge is 0.481 e.